The van der Waals surface area contributed by atoms with Gasteiger partial charge in [0.25, 0.3) is 0 Å². The summed E-state index contributed by atoms with van der Waals surface area (Å²) >= 11 is 11.4. The van der Waals surface area contributed by atoms with Crippen molar-refractivity contribution >= 4 is 35.6 Å². The van der Waals surface area contributed by atoms with Crippen LogP contribution in [0.2, 0.25) is 10.0 Å². The van der Waals surface area contributed by atoms with Gasteiger partial charge < -0.3 is 0 Å². The molecule has 0 unspecified atom stereocenters. The average Bonchev–Trinajstić information content (AvgIpc) is 1.85. The van der Waals surface area contributed by atoms with E-state index in [0.29, 0.717) is 16.7 Å². The fourth-order valence-corrected chi connectivity index (χ4v) is 1.36. The quantitative estimate of drug-likeness (QED) is 0.790. The number of hydrogen-bond donors (Lipinski definition) is 1. The van der Waals surface area contributed by atoms with E-state index < -0.39 is 0 Å². The third-order valence-electron chi connectivity index (χ3n) is 1.17. The Hall–Kier alpha value is 0.01000. The minimum Gasteiger partial charge on any atom is -0.300 e. The second-order valence-corrected chi connectivity index (χ2v) is 2.96. The predicted octanol–water partition coefficient (Wildman–Crippen LogP) is 2.81. The van der Waals surface area contributed by atoms with E-state index in [2.05, 4.69) is 4.84 Å². The molecule has 12 heavy (non-hydrogen) atoms. The molecule has 2 N–H and O–H groups in total. The van der Waals surface area contributed by atoms with E-state index in [9.17, 15) is 0 Å². The minimum atomic E-state index is 0. The van der Waals surface area contributed by atoms with Gasteiger partial charge in [0.1, 0.15) is 0 Å². The molecular weight excluding hydrogens is 220 g/mol. The van der Waals surface area contributed by atoms with Gasteiger partial charge in [-0.3, -0.25) is 4.84 Å². The summed E-state index contributed by atoms with van der Waals surface area (Å²) in [5, 5.41) is 1.18. The molecule has 1 rings (SSSR count). The Morgan fingerprint density at radius 1 is 1.17 bits per heavy atom. The molecule has 0 saturated heterocycles. The molecule has 0 heterocycles. The second kappa shape index (κ2) is 5.62. The molecule has 0 radical (unpaired) electrons. The summed E-state index contributed by atoms with van der Waals surface area (Å²) in [4.78, 5) is 4.42. The highest BCUT2D eigenvalue weighted by Crippen LogP contribution is 2.18. The Morgan fingerprint density at radius 3 is 2.08 bits per heavy atom. The molecule has 0 aliphatic heterocycles. The Bertz CT molecular complexity index is 234. The summed E-state index contributed by atoms with van der Waals surface area (Å²) in [5.41, 5.74) is 0.866. The zero-order valence-corrected chi connectivity index (χ0v) is 8.42. The first-order valence-electron chi connectivity index (χ1n) is 2.99. The van der Waals surface area contributed by atoms with Crippen LogP contribution in [0.25, 0.3) is 0 Å². The third-order valence-corrected chi connectivity index (χ3v) is 1.61. The van der Waals surface area contributed by atoms with Crippen molar-refractivity contribution in [2.45, 2.75) is 6.61 Å². The first-order chi connectivity index (χ1) is 5.22. The van der Waals surface area contributed by atoms with Gasteiger partial charge in [-0.2, -0.15) is 0 Å². The maximum atomic E-state index is 5.71. The first kappa shape index (κ1) is 12.0. The van der Waals surface area contributed by atoms with Crippen LogP contribution >= 0.6 is 35.6 Å². The van der Waals surface area contributed by atoms with E-state index in [1.165, 1.54) is 0 Å². The summed E-state index contributed by atoms with van der Waals surface area (Å²) in [5.74, 6) is 4.87. The zero-order chi connectivity index (χ0) is 8.27. The van der Waals surface area contributed by atoms with Crippen molar-refractivity contribution < 1.29 is 4.84 Å². The van der Waals surface area contributed by atoms with Crippen LogP contribution in [0, 0.1) is 0 Å². The predicted molar refractivity (Wildman–Crippen MR) is 52.7 cm³/mol. The van der Waals surface area contributed by atoms with Gasteiger partial charge in [0, 0.05) is 10.0 Å². The van der Waals surface area contributed by atoms with E-state index in [-0.39, 0.29) is 12.4 Å². The third kappa shape index (κ3) is 3.61. The summed E-state index contributed by atoms with van der Waals surface area (Å²) in [6.07, 6.45) is 0. The summed E-state index contributed by atoms with van der Waals surface area (Å²) in [6, 6.07) is 5.16. The minimum absolute atomic E-state index is 0. The highest BCUT2D eigenvalue weighted by molar-refractivity contribution is 6.34. The van der Waals surface area contributed by atoms with Gasteiger partial charge in [0.05, 0.1) is 6.61 Å². The Labute approximate surface area is 87.0 Å². The maximum Gasteiger partial charge on any atom is 0.0931 e. The molecule has 0 fully saturated rings. The van der Waals surface area contributed by atoms with Crippen LogP contribution in [0.5, 0.6) is 0 Å². The molecular formula is C7H8Cl3NO. The van der Waals surface area contributed by atoms with Gasteiger partial charge in [0.2, 0.25) is 0 Å². The van der Waals surface area contributed by atoms with Crippen molar-refractivity contribution in [2.75, 3.05) is 0 Å². The normalized spacial score (nSPS) is 9.25. The number of benzene rings is 1. The van der Waals surface area contributed by atoms with Crippen LogP contribution in [0.1, 0.15) is 5.56 Å². The van der Waals surface area contributed by atoms with E-state index >= 15 is 0 Å². The molecule has 0 bridgehead atoms. The number of hydrogen-bond acceptors (Lipinski definition) is 2. The van der Waals surface area contributed by atoms with Crippen LogP contribution in [-0.4, -0.2) is 0 Å². The maximum absolute atomic E-state index is 5.71. The fraction of sp³-hybridized carbons (Fsp3) is 0.143. The monoisotopic (exact) mass is 227 g/mol. The van der Waals surface area contributed by atoms with Crippen molar-refractivity contribution in [1.29, 1.82) is 0 Å². The SMILES string of the molecule is Cl.NOCc1cc(Cl)cc(Cl)c1. The number of halogens is 3. The van der Waals surface area contributed by atoms with E-state index in [1.807, 2.05) is 0 Å². The topological polar surface area (TPSA) is 35.2 Å². The van der Waals surface area contributed by atoms with Crippen LogP contribution in [-0.2, 0) is 11.4 Å². The van der Waals surface area contributed by atoms with E-state index in [1.54, 1.807) is 18.2 Å². The van der Waals surface area contributed by atoms with Crippen molar-refractivity contribution in [3.05, 3.63) is 33.8 Å². The summed E-state index contributed by atoms with van der Waals surface area (Å²) in [6.45, 7) is 0.320. The largest absolute Gasteiger partial charge is 0.300 e. The second-order valence-electron chi connectivity index (χ2n) is 2.09. The van der Waals surface area contributed by atoms with Gasteiger partial charge in [-0.25, -0.2) is 5.90 Å². The molecule has 5 heteroatoms. The zero-order valence-electron chi connectivity index (χ0n) is 6.09. The fourth-order valence-electron chi connectivity index (χ4n) is 0.791. The molecule has 1 aromatic carbocycles. The highest BCUT2D eigenvalue weighted by atomic mass is 35.5. The molecule has 0 aromatic heterocycles. The van der Waals surface area contributed by atoms with E-state index in [0.717, 1.165) is 5.56 Å². The number of nitrogens with two attached hydrogens (primary N) is 1. The van der Waals surface area contributed by atoms with E-state index in [4.69, 9.17) is 29.1 Å². The van der Waals surface area contributed by atoms with Crippen molar-refractivity contribution in [3.63, 3.8) is 0 Å². The van der Waals surface area contributed by atoms with Gasteiger partial charge in [-0.1, -0.05) is 23.2 Å². The summed E-state index contributed by atoms with van der Waals surface area (Å²) in [7, 11) is 0. The first-order valence-corrected chi connectivity index (χ1v) is 3.74. The average molecular weight is 229 g/mol. The highest BCUT2D eigenvalue weighted by Gasteiger charge is 1.96. The van der Waals surface area contributed by atoms with Crippen LogP contribution < -0.4 is 5.90 Å². The smallest absolute Gasteiger partial charge is 0.0931 e. The Kier molecular flexibility index (Phi) is 5.63. The standard InChI is InChI=1S/C7H7Cl2NO.ClH/c8-6-1-5(4-11-10)2-7(9)3-6;/h1-3H,4,10H2;1H. The lowest BCUT2D eigenvalue weighted by atomic mass is 10.2. The van der Waals surface area contributed by atoms with Crippen molar-refractivity contribution in [1.82, 2.24) is 0 Å². The number of rotatable bonds is 2. The molecule has 1 aromatic rings. The molecule has 2 nitrogen and oxygen atoms in total. The Morgan fingerprint density at radius 2 is 1.67 bits per heavy atom. The van der Waals surface area contributed by atoms with Gasteiger partial charge in [-0.15, -0.1) is 12.4 Å². The molecule has 0 aliphatic rings. The lowest BCUT2D eigenvalue weighted by Crippen LogP contribution is -1.98. The lowest BCUT2D eigenvalue weighted by molar-refractivity contribution is 0.124. The summed E-state index contributed by atoms with van der Waals surface area (Å²) < 4.78 is 0. The van der Waals surface area contributed by atoms with Crippen LogP contribution in [0.4, 0.5) is 0 Å². The molecule has 0 spiro atoms. The van der Waals surface area contributed by atoms with Gasteiger partial charge >= 0.3 is 0 Å². The van der Waals surface area contributed by atoms with Gasteiger partial charge in [-0.05, 0) is 23.8 Å². The van der Waals surface area contributed by atoms with Crippen molar-refractivity contribution in [3.8, 4) is 0 Å². The van der Waals surface area contributed by atoms with Crippen LogP contribution in [0.15, 0.2) is 18.2 Å². The van der Waals surface area contributed by atoms with Gasteiger partial charge in [0.15, 0.2) is 0 Å². The molecule has 0 amide bonds. The lowest BCUT2D eigenvalue weighted by Gasteiger charge is -1.99. The molecule has 68 valence electrons. The molecule has 0 saturated carbocycles. The molecule has 0 atom stereocenters. The van der Waals surface area contributed by atoms with Crippen molar-refractivity contribution in [2.24, 2.45) is 5.90 Å². The molecule has 0 aliphatic carbocycles. The van der Waals surface area contributed by atoms with Crippen LogP contribution in [0.3, 0.4) is 0 Å². The Balaban J connectivity index is 0.00000121.